The third-order valence-corrected chi connectivity index (χ3v) is 9.41. The number of hydrogen-bond acceptors (Lipinski definition) is 7. The Morgan fingerprint density at radius 1 is 1.06 bits per heavy atom. The van der Waals surface area contributed by atoms with Gasteiger partial charge >= 0.3 is 0 Å². The Bertz CT molecular complexity index is 920. The molecule has 3 N–H and O–H groups in total. The zero-order chi connectivity index (χ0) is 22.5. The number of fused-ring (bicyclic) bond motifs is 1. The highest BCUT2D eigenvalue weighted by Gasteiger charge is 2.75. The van der Waals surface area contributed by atoms with E-state index in [-0.39, 0.29) is 5.84 Å². The van der Waals surface area contributed by atoms with Crippen LogP contribution in [-0.2, 0) is 0 Å². The molecule has 0 spiro atoms. The zero-order valence-corrected chi connectivity index (χ0v) is 20.2. The van der Waals surface area contributed by atoms with E-state index >= 15 is 0 Å². The molecule has 1 aromatic carbocycles. The summed E-state index contributed by atoms with van der Waals surface area (Å²) in [5.74, 6) is 2.00. The van der Waals surface area contributed by atoms with Gasteiger partial charge in [-0.05, 0) is 42.9 Å². The smallest absolute Gasteiger partial charge is 0.178 e. The summed E-state index contributed by atoms with van der Waals surface area (Å²) in [6.45, 7) is 6.27. The monoisotopic (exact) mass is 453 g/mol. The predicted molar refractivity (Wildman–Crippen MR) is 131 cm³/mol. The number of nitrogens with one attached hydrogen (secondary N) is 1. The van der Waals surface area contributed by atoms with Crippen LogP contribution in [0.2, 0.25) is 0 Å². The fourth-order valence-corrected chi connectivity index (χ4v) is 8.06. The zero-order valence-electron chi connectivity index (χ0n) is 18.5. The maximum Gasteiger partial charge on any atom is 0.178 e. The molecule has 31 heavy (non-hydrogen) atoms. The van der Waals surface area contributed by atoms with Crippen LogP contribution in [0.4, 0.5) is 0 Å². The predicted octanol–water partition coefficient (Wildman–Crippen LogP) is 5.35. The van der Waals surface area contributed by atoms with E-state index in [0.29, 0.717) is 0 Å². The Morgan fingerprint density at radius 2 is 1.68 bits per heavy atom. The highest BCUT2D eigenvalue weighted by atomic mass is 32.2. The van der Waals surface area contributed by atoms with Crippen LogP contribution in [0.15, 0.2) is 47.1 Å². The summed E-state index contributed by atoms with van der Waals surface area (Å²) in [5, 5.41) is 24.9. The lowest BCUT2D eigenvalue weighted by molar-refractivity contribution is 0.218. The number of aliphatic imine (C=N–C) groups is 1. The molecule has 164 valence electrons. The molecule has 3 atom stereocenters. The summed E-state index contributed by atoms with van der Waals surface area (Å²) < 4.78 is -0.845. The first-order valence-corrected chi connectivity index (χ1v) is 12.9. The van der Waals surface area contributed by atoms with Gasteiger partial charge in [-0.1, -0.05) is 57.0 Å². The standard InChI is InChI=1S/C24H31N5S2/c1-4-6-13-30-24(31-14-7-5-2)22(16-25)15-18(3)28-20(19-11-9-8-10-12-19)23(22,17-26)21(27)29-24/h8-12,15,20,28H,4-7,13-14H2,1-3H3,(H2,27,29)/t20-,22-,23-/m1/s1. The molecule has 0 radical (unpaired) electrons. The Labute approximate surface area is 194 Å². The second-order valence-electron chi connectivity index (χ2n) is 8.14. The minimum atomic E-state index is -1.29. The molecule has 0 aliphatic carbocycles. The molecule has 0 saturated heterocycles. The molecule has 5 nitrogen and oxygen atoms in total. The lowest BCUT2D eigenvalue weighted by atomic mass is 9.58. The molecule has 0 saturated carbocycles. The van der Waals surface area contributed by atoms with Crippen molar-refractivity contribution in [1.82, 2.24) is 5.32 Å². The summed E-state index contributed by atoms with van der Waals surface area (Å²) in [6.07, 6.45) is 6.11. The van der Waals surface area contributed by atoms with Gasteiger partial charge in [0.05, 0.1) is 18.2 Å². The van der Waals surface area contributed by atoms with Crippen LogP contribution in [0.1, 0.15) is 58.1 Å². The Hall–Kier alpha value is -2.09. The molecule has 0 fully saturated rings. The van der Waals surface area contributed by atoms with E-state index < -0.39 is 21.1 Å². The fourth-order valence-electron chi connectivity index (χ4n) is 4.49. The third-order valence-electron chi connectivity index (χ3n) is 6.11. The van der Waals surface area contributed by atoms with Gasteiger partial charge in [-0.2, -0.15) is 10.5 Å². The minimum absolute atomic E-state index is 0.259. The van der Waals surface area contributed by atoms with Crippen molar-refractivity contribution in [3.05, 3.63) is 47.7 Å². The van der Waals surface area contributed by atoms with Crippen LogP contribution >= 0.6 is 23.5 Å². The Morgan fingerprint density at radius 3 is 2.19 bits per heavy atom. The molecule has 2 heterocycles. The SMILES string of the molecule is CCCCSC1(SCCCC)N=C(N)[C@@]2(C#N)[C@@H](c3ccccc3)NC(C)=C[C@]12C#N. The summed E-state index contributed by atoms with van der Waals surface area (Å²) in [7, 11) is 0. The number of benzene rings is 1. The molecule has 0 amide bonds. The number of unbranched alkanes of at least 4 members (excludes halogenated alkanes) is 2. The Kier molecular flexibility index (Phi) is 7.29. The molecule has 1 aromatic rings. The molecule has 2 aliphatic heterocycles. The van der Waals surface area contributed by atoms with Crippen molar-refractivity contribution >= 4 is 29.4 Å². The van der Waals surface area contributed by atoms with E-state index in [1.807, 2.05) is 43.3 Å². The van der Waals surface area contributed by atoms with Crippen LogP contribution in [-0.4, -0.2) is 21.5 Å². The second kappa shape index (κ2) is 9.59. The van der Waals surface area contributed by atoms with Crippen molar-refractivity contribution in [3.63, 3.8) is 0 Å². The number of hydrogen-bond donors (Lipinski definition) is 2. The van der Waals surface area contributed by atoms with Crippen molar-refractivity contribution in [2.24, 2.45) is 21.6 Å². The molecular weight excluding hydrogens is 422 g/mol. The first-order valence-electron chi connectivity index (χ1n) is 10.9. The van der Waals surface area contributed by atoms with Crippen LogP contribution in [0.5, 0.6) is 0 Å². The van der Waals surface area contributed by atoms with Gasteiger partial charge in [0, 0.05) is 5.70 Å². The lowest BCUT2D eigenvalue weighted by Gasteiger charge is -2.49. The third kappa shape index (κ3) is 3.62. The first-order chi connectivity index (χ1) is 15.0. The van der Waals surface area contributed by atoms with Crippen LogP contribution in [0.3, 0.4) is 0 Å². The molecule has 0 unspecified atom stereocenters. The van der Waals surface area contributed by atoms with Gasteiger partial charge in [-0.3, -0.25) is 0 Å². The average Bonchev–Trinajstić information content (AvgIpc) is 2.99. The van der Waals surface area contributed by atoms with Gasteiger partial charge in [0.1, 0.15) is 11.3 Å². The van der Waals surface area contributed by atoms with Crippen LogP contribution in [0.25, 0.3) is 0 Å². The van der Waals surface area contributed by atoms with Crippen molar-refractivity contribution in [1.29, 1.82) is 10.5 Å². The van der Waals surface area contributed by atoms with Gasteiger partial charge in [0.25, 0.3) is 0 Å². The number of nitrogens with zero attached hydrogens (tertiary/aromatic N) is 3. The molecule has 7 heteroatoms. The summed E-state index contributed by atoms with van der Waals surface area (Å²) in [4.78, 5) is 5.00. The fraction of sp³-hybridized carbons (Fsp3) is 0.542. The van der Waals surface area contributed by atoms with E-state index in [0.717, 1.165) is 48.4 Å². The van der Waals surface area contributed by atoms with Crippen molar-refractivity contribution in [2.75, 3.05) is 11.5 Å². The Balaban J connectivity index is 2.23. The first kappa shape index (κ1) is 23.6. The van der Waals surface area contributed by atoms with Crippen LogP contribution < -0.4 is 11.1 Å². The average molecular weight is 454 g/mol. The maximum atomic E-state index is 10.8. The minimum Gasteiger partial charge on any atom is -0.386 e. The number of nitriles is 2. The van der Waals surface area contributed by atoms with Gasteiger partial charge in [-0.15, -0.1) is 23.5 Å². The number of allylic oxidation sites excluding steroid dienone is 1. The second-order valence-corrected chi connectivity index (χ2v) is 11.0. The van der Waals surface area contributed by atoms with E-state index in [1.54, 1.807) is 23.5 Å². The number of amidine groups is 1. The quantitative estimate of drug-likeness (QED) is 0.386. The maximum absolute atomic E-state index is 10.8. The summed E-state index contributed by atoms with van der Waals surface area (Å²) in [6, 6.07) is 14.5. The number of thioether (sulfide) groups is 2. The normalized spacial score (nSPS) is 28.5. The van der Waals surface area contributed by atoms with Crippen LogP contribution in [0, 0.1) is 33.5 Å². The van der Waals surface area contributed by atoms with Gasteiger partial charge in [-0.25, -0.2) is 4.99 Å². The van der Waals surface area contributed by atoms with E-state index in [1.165, 1.54) is 0 Å². The topological polar surface area (TPSA) is 98.0 Å². The molecule has 0 bridgehead atoms. The van der Waals surface area contributed by atoms with E-state index in [9.17, 15) is 10.5 Å². The number of nitrogens with two attached hydrogens (primary N) is 1. The molecular formula is C24H31N5S2. The number of rotatable bonds is 9. The largest absolute Gasteiger partial charge is 0.386 e. The van der Waals surface area contributed by atoms with Crippen molar-refractivity contribution in [3.8, 4) is 12.1 Å². The highest BCUT2D eigenvalue weighted by molar-refractivity contribution is 8.18. The highest BCUT2D eigenvalue weighted by Crippen LogP contribution is 2.69. The van der Waals surface area contributed by atoms with E-state index in [2.05, 4.69) is 31.3 Å². The molecule has 2 aliphatic rings. The van der Waals surface area contributed by atoms with Crippen molar-refractivity contribution < 1.29 is 0 Å². The van der Waals surface area contributed by atoms with E-state index in [4.69, 9.17) is 10.7 Å². The molecule has 3 rings (SSSR count). The molecule has 0 aromatic heterocycles. The van der Waals surface area contributed by atoms with Crippen molar-refractivity contribution in [2.45, 2.75) is 56.7 Å². The lowest BCUT2D eigenvalue weighted by Crippen LogP contribution is -2.59. The summed E-state index contributed by atoms with van der Waals surface area (Å²) in [5.41, 5.74) is 5.98. The van der Waals surface area contributed by atoms with Gasteiger partial charge in [0.15, 0.2) is 9.62 Å². The van der Waals surface area contributed by atoms with Gasteiger partial charge in [0.2, 0.25) is 0 Å². The summed E-state index contributed by atoms with van der Waals surface area (Å²) >= 11 is 3.36. The van der Waals surface area contributed by atoms with Gasteiger partial charge < -0.3 is 11.1 Å².